The van der Waals surface area contributed by atoms with Crippen LogP contribution >= 0.6 is 0 Å². The third kappa shape index (κ3) is 3.49. The van der Waals surface area contributed by atoms with Crippen molar-refractivity contribution in [2.75, 3.05) is 19.7 Å². The molecule has 1 aromatic carbocycles. The van der Waals surface area contributed by atoms with Crippen molar-refractivity contribution in [1.82, 2.24) is 10.2 Å². The number of ether oxygens (including phenoxy) is 1. The molecular weight excluding hydrogens is 359 g/mol. The van der Waals surface area contributed by atoms with Gasteiger partial charge in [0.15, 0.2) is 0 Å². The lowest BCUT2D eigenvalue weighted by atomic mass is 9.68. The van der Waals surface area contributed by atoms with Crippen LogP contribution in [0.25, 0.3) is 0 Å². The van der Waals surface area contributed by atoms with Gasteiger partial charge in [-0.3, -0.25) is 4.79 Å². The average molecular weight is 388 g/mol. The van der Waals surface area contributed by atoms with E-state index in [1.54, 1.807) is 6.07 Å². The first kappa shape index (κ1) is 19.2. The van der Waals surface area contributed by atoms with Crippen molar-refractivity contribution < 1.29 is 18.7 Å². The Morgan fingerprint density at radius 2 is 1.93 bits per heavy atom. The Kier molecular flexibility index (Phi) is 4.63. The van der Waals surface area contributed by atoms with Crippen molar-refractivity contribution in [2.24, 2.45) is 5.92 Å². The summed E-state index contributed by atoms with van der Waals surface area (Å²) < 4.78 is 19.2. The van der Waals surface area contributed by atoms with Crippen molar-refractivity contribution in [1.29, 1.82) is 0 Å². The molecule has 0 bridgehead atoms. The Labute approximate surface area is 165 Å². The molecule has 4 rings (SSSR count). The number of halogens is 1. The van der Waals surface area contributed by atoms with Crippen LogP contribution in [0.3, 0.4) is 0 Å². The van der Waals surface area contributed by atoms with Gasteiger partial charge in [-0.25, -0.2) is 9.18 Å². The van der Waals surface area contributed by atoms with Gasteiger partial charge in [0.1, 0.15) is 12.4 Å². The third-order valence-electron chi connectivity index (χ3n) is 6.55. The SMILES string of the molecule is CC(C)(C)c1cc(C2CCN(C(=O)C3CC4(COC(=O)N4)C3)CC2)ccc1F. The number of benzene rings is 1. The number of cyclic esters (lactones) is 1. The molecule has 2 heterocycles. The molecule has 152 valence electrons. The van der Waals surface area contributed by atoms with Crippen molar-refractivity contribution in [3.05, 3.63) is 35.1 Å². The summed E-state index contributed by atoms with van der Waals surface area (Å²) in [5.41, 5.74) is 1.39. The van der Waals surface area contributed by atoms with Gasteiger partial charge < -0.3 is 15.0 Å². The number of hydrogen-bond donors (Lipinski definition) is 1. The van der Waals surface area contributed by atoms with Gasteiger partial charge in [-0.05, 0) is 54.2 Å². The molecule has 2 amide bonds. The van der Waals surface area contributed by atoms with Gasteiger partial charge in [-0.2, -0.15) is 0 Å². The molecule has 0 aromatic heterocycles. The molecule has 2 saturated heterocycles. The van der Waals surface area contributed by atoms with E-state index in [1.165, 1.54) is 5.56 Å². The average Bonchev–Trinajstić information content (AvgIpc) is 3.02. The van der Waals surface area contributed by atoms with E-state index in [0.29, 0.717) is 25.4 Å². The van der Waals surface area contributed by atoms with E-state index in [0.717, 1.165) is 31.5 Å². The van der Waals surface area contributed by atoms with Crippen molar-refractivity contribution in [2.45, 2.75) is 63.3 Å². The van der Waals surface area contributed by atoms with Gasteiger partial charge in [-0.1, -0.05) is 32.9 Å². The maximum absolute atomic E-state index is 14.2. The van der Waals surface area contributed by atoms with Crippen LogP contribution in [0.1, 0.15) is 63.5 Å². The molecule has 28 heavy (non-hydrogen) atoms. The fraction of sp³-hybridized carbons (Fsp3) is 0.636. The number of likely N-dealkylation sites (tertiary alicyclic amines) is 1. The van der Waals surface area contributed by atoms with Crippen molar-refractivity contribution in [3.8, 4) is 0 Å². The zero-order valence-corrected chi connectivity index (χ0v) is 16.9. The number of nitrogens with zero attached hydrogens (tertiary/aromatic N) is 1. The number of piperidine rings is 1. The number of carbonyl (C=O) groups excluding carboxylic acids is 2. The third-order valence-corrected chi connectivity index (χ3v) is 6.55. The second kappa shape index (κ2) is 6.75. The first-order valence-corrected chi connectivity index (χ1v) is 10.2. The zero-order chi connectivity index (χ0) is 20.1. The highest BCUT2D eigenvalue weighted by Gasteiger charge is 2.53. The lowest BCUT2D eigenvalue weighted by Gasteiger charge is -2.45. The van der Waals surface area contributed by atoms with Crippen LogP contribution in [0, 0.1) is 11.7 Å². The van der Waals surface area contributed by atoms with E-state index in [2.05, 4.69) is 5.32 Å². The largest absolute Gasteiger partial charge is 0.447 e. The number of hydrogen-bond acceptors (Lipinski definition) is 3. The monoisotopic (exact) mass is 388 g/mol. The van der Waals surface area contributed by atoms with Crippen LogP contribution in [0.4, 0.5) is 9.18 Å². The summed E-state index contributed by atoms with van der Waals surface area (Å²) >= 11 is 0. The predicted molar refractivity (Wildman–Crippen MR) is 104 cm³/mol. The number of carbonyl (C=O) groups is 2. The molecular formula is C22H29FN2O3. The van der Waals surface area contributed by atoms with Gasteiger partial charge in [0, 0.05) is 19.0 Å². The Morgan fingerprint density at radius 3 is 2.50 bits per heavy atom. The molecule has 2 aliphatic heterocycles. The summed E-state index contributed by atoms with van der Waals surface area (Å²) in [6, 6.07) is 5.49. The summed E-state index contributed by atoms with van der Waals surface area (Å²) in [4.78, 5) is 26.0. The van der Waals surface area contributed by atoms with E-state index in [4.69, 9.17) is 4.74 Å². The highest BCUT2D eigenvalue weighted by atomic mass is 19.1. The van der Waals surface area contributed by atoms with Gasteiger partial charge in [0.05, 0.1) is 5.54 Å². The predicted octanol–water partition coefficient (Wildman–Crippen LogP) is 3.72. The van der Waals surface area contributed by atoms with Crippen LogP contribution in [-0.2, 0) is 14.9 Å². The Morgan fingerprint density at radius 1 is 1.25 bits per heavy atom. The van der Waals surface area contributed by atoms with E-state index in [1.807, 2.05) is 37.8 Å². The summed E-state index contributed by atoms with van der Waals surface area (Å²) in [6.45, 7) is 7.92. The lowest BCUT2D eigenvalue weighted by Crippen LogP contribution is -2.58. The molecule has 1 aliphatic carbocycles. The molecule has 6 heteroatoms. The van der Waals surface area contributed by atoms with Gasteiger partial charge in [0.2, 0.25) is 5.91 Å². The number of amides is 2. The summed E-state index contributed by atoms with van der Waals surface area (Å²) in [6.07, 6.45) is 2.77. The van der Waals surface area contributed by atoms with Crippen LogP contribution in [-0.4, -0.2) is 42.1 Å². The second-order valence-corrected chi connectivity index (χ2v) is 9.68. The van der Waals surface area contributed by atoms with Gasteiger partial charge in [0.25, 0.3) is 0 Å². The molecule has 0 radical (unpaired) electrons. The molecule has 1 spiro atoms. The van der Waals surface area contributed by atoms with Crippen molar-refractivity contribution in [3.63, 3.8) is 0 Å². The highest BCUT2D eigenvalue weighted by Crippen LogP contribution is 2.42. The number of nitrogens with one attached hydrogen (secondary N) is 1. The summed E-state index contributed by atoms with van der Waals surface area (Å²) in [5, 5.41) is 2.84. The van der Waals surface area contributed by atoms with E-state index >= 15 is 0 Å². The second-order valence-electron chi connectivity index (χ2n) is 9.68. The standard InChI is InChI=1S/C22H29FN2O3/c1-21(2,3)17-10-15(4-5-18(17)23)14-6-8-25(9-7-14)19(26)16-11-22(12-16)13-28-20(27)24-22/h4-5,10,14,16H,6-9,11-13H2,1-3H3,(H,24,27). The van der Waals surface area contributed by atoms with Crippen LogP contribution in [0.2, 0.25) is 0 Å². The molecule has 5 nitrogen and oxygen atoms in total. The fourth-order valence-electron chi connectivity index (χ4n) is 4.83. The van der Waals surface area contributed by atoms with Crippen molar-refractivity contribution >= 4 is 12.0 Å². The molecule has 0 atom stereocenters. The van der Waals surface area contributed by atoms with Crippen LogP contribution in [0.15, 0.2) is 18.2 Å². The first-order valence-electron chi connectivity index (χ1n) is 10.2. The topological polar surface area (TPSA) is 58.6 Å². The van der Waals surface area contributed by atoms with E-state index in [-0.39, 0.29) is 34.7 Å². The van der Waals surface area contributed by atoms with E-state index < -0.39 is 0 Å². The highest BCUT2D eigenvalue weighted by molar-refractivity contribution is 5.81. The quantitative estimate of drug-likeness (QED) is 0.840. The zero-order valence-electron chi connectivity index (χ0n) is 16.9. The minimum atomic E-state index is -0.374. The number of rotatable bonds is 2. The smallest absolute Gasteiger partial charge is 0.407 e. The molecule has 1 saturated carbocycles. The summed E-state index contributed by atoms with van der Waals surface area (Å²) in [5.74, 6) is 0.392. The van der Waals surface area contributed by atoms with Gasteiger partial charge in [-0.15, -0.1) is 0 Å². The lowest BCUT2D eigenvalue weighted by molar-refractivity contribution is -0.142. The molecule has 1 aromatic rings. The van der Waals surface area contributed by atoms with Gasteiger partial charge >= 0.3 is 6.09 Å². The summed E-state index contributed by atoms with van der Waals surface area (Å²) in [7, 11) is 0. The maximum atomic E-state index is 14.2. The Bertz CT molecular complexity index is 787. The minimum absolute atomic E-state index is 0.0168. The molecule has 0 unspecified atom stereocenters. The fourth-order valence-corrected chi connectivity index (χ4v) is 4.83. The Hall–Kier alpha value is -2.11. The minimum Gasteiger partial charge on any atom is -0.447 e. The molecule has 3 fully saturated rings. The Balaban J connectivity index is 1.34. The first-order chi connectivity index (χ1) is 13.2. The number of alkyl carbamates (subject to hydrolysis) is 1. The van der Waals surface area contributed by atoms with E-state index in [9.17, 15) is 14.0 Å². The molecule has 3 aliphatic rings. The maximum Gasteiger partial charge on any atom is 0.407 e. The normalized spacial score (nSPS) is 28.1. The molecule has 1 N–H and O–H groups in total. The van der Waals surface area contributed by atoms with Crippen LogP contribution in [0.5, 0.6) is 0 Å². The van der Waals surface area contributed by atoms with Crippen LogP contribution < -0.4 is 5.32 Å².